The fraction of sp³-hybridized carbons (Fsp3) is 0.543. The number of nitrogens with zero attached hydrogens (tertiary/aromatic N) is 7. The number of alkyl halides is 3. The molecular weight excluding hydrogens is 653 g/mol. The lowest BCUT2D eigenvalue weighted by Gasteiger charge is -2.34. The van der Waals surface area contributed by atoms with Crippen LogP contribution >= 0.6 is 0 Å². The van der Waals surface area contributed by atoms with Crippen molar-refractivity contribution in [2.75, 3.05) is 63.4 Å². The summed E-state index contributed by atoms with van der Waals surface area (Å²) in [5, 5.41) is 0. The van der Waals surface area contributed by atoms with Crippen LogP contribution in [0.2, 0.25) is 0 Å². The van der Waals surface area contributed by atoms with Crippen LogP contribution in [0.4, 0.5) is 24.7 Å². The molecule has 1 N–H and O–H groups in total. The zero-order valence-electron chi connectivity index (χ0n) is 28.8. The van der Waals surface area contributed by atoms with Gasteiger partial charge in [0.2, 0.25) is 5.88 Å². The van der Waals surface area contributed by atoms with E-state index >= 15 is 0 Å². The molecule has 1 aliphatic heterocycles. The summed E-state index contributed by atoms with van der Waals surface area (Å²) in [5.41, 5.74) is 1.60. The molecule has 0 atom stereocenters. The van der Waals surface area contributed by atoms with Crippen molar-refractivity contribution in [1.29, 1.82) is 0 Å². The van der Waals surface area contributed by atoms with E-state index in [4.69, 9.17) is 24.2 Å². The van der Waals surface area contributed by atoms with Crippen molar-refractivity contribution < 1.29 is 32.2 Å². The molecule has 1 saturated heterocycles. The number of rotatable bonds is 12. The van der Waals surface area contributed by atoms with Gasteiger partial charge in [0.15, 0.2) is 11.5 Å². The van der Waals surface area contributed by atoms with E-state index in [0.717, 1.165) is 37.4 Å². The van der Waals surface area contributed by atoms with Gasteiger partial charge in [0.1, 0.15) is 22.6 Å². The average molecular weight is 697 g/mol. The molecule has 50 heavy (non-hydrogen) atoms. The third-order valence-electron chi connectivity index (χ3n) is 9.59. The number of anilines is 2. The van der Waals surface area contributed by atoms with E-state index < -0.39 is 17.6 Å². The van der Waals surface area contributed by atoms with Gasteiger partial charge >= 0.3 is 12.1 Å². The highest BCUT2D eigenvalue weighted by Gasteiger charge is 2.37. The number of piperidine rings is 1. The summed E-state index contributed by atoms with van der Waals surface area (Å²) in [6, 6.07) is 2.79. The first-order valence-electron chi connectivity index (χ1n) is 17.1. The van der Waals surface area contributed by atoms with Crippen molar-refractivity contribution >= 4 is 28.6 Å². The molecule has 1 saturated carbocycles. The van der Waals surface area contributed by atoms with E-state index in [1.54, 1.807) is 39.4 Å². The number of carbonyl (C=O) groups is 1. The van der Waals surface area contributed by atoms with Crippen molar-refractivity contribution in [3.8, 4) is 28.7 Å². The number of carbonyl (C=O) groups excluding carboxylic acids is 1. The maximum atomic E-state index is 14.1. The third-order valence-corrected chi connectivity index (χ3v) is 9.59. The Bertz CT molecular complexity index is 1790. The molecule has 0 unspecified atom stereocenters. The molecule has 0 spiro atoms. The zero-order chi connectivity index (χ0) is 35.5. The van der Waals surface area contributed by atoms with E-state index in [-0.39, 0.29) is 29.5 Å². The van der Waals surface area contributed by atoms with Crippen LogP contribution < -0.4 is 14.5 Å². The van der Waals surface area contributed by atoms with E-state index in [9.17, 15) is 18.0 Å². The molecule has 2 aliphatic rings. The van der Waals surface area contributed by atoms with Gasteiger partial charge in [-0.05, 0) is 51.7 Å². The predicted molar refractivity (Wildman–Crippen MR) is 182 cm³/mol. The quantitative estimate of drug-likeness (QED) is 0.167. The third kappa shape index (κ3) is 7.47. The smallest absolute Gasteiger partial charge is 0.421 e. The Morgan fingerprint density at radius 2 is 1.78 bits per heavy atom. The van der Waals surface area contributed by atoms with Gasteiger partial charge in [0.25, 0.3) is 0 Å². The summed E-state index contributed by atoms with van der Waals surface area (Å²) >= 11 is 0. The molecule has 1 aliphatic carbocycles. The lowest BCUT2D eigenvalue weighted by molar-refractivity contribution is -0.148. The minimum Gasteiger partial charge on any atom is -0.478 e. The summed E-state index contributed by atoms with van der Waals surface area (Å²) in [7, 11) is 3.67. The lowest BCUT2D eigenvalue weighted by atomic mass is 9.86. The number of methoxy groups -OCH3 is 1. The monoisotopic (exact) mass is 696 g/mol. The fourth-order valence-corrected chi connectivity index (χ4v) is 7.17. The molecular formula is C35H43F3N8O4. The second-order valence-electron chi connectivity index (χ2n) is 13.1. The Kier molecular flexibility index (Phi) is 10.4. The number of aromatic amines is 1. The van der Waals surface area contributed by atoms with Gasteiger partial charge < -0.3 is 29.0 Å². The highest BCUT2D eigenvalue weighted by atomic mass is 19.4. The fourth-order valence-electron chi connectivity index (χ4n) is 7.17. The van der Waals surface area contributed by atoms with Crippen molar-refractivity contribution in [3.05, 3.63) is 36.3 Å². The maximum Gasteiger partial charge on any atom is 0.421 e. The number of pyridine rings is 2. The first kappa shape index (κ1) is 35.3. The molecule has 0 bridgehead atoms. The summed E-state index contributed by atoms with van der Waals surface area (Å²) in [4.78, 5) is 42.5. The van der Waals surface area contributed by atoms with Crippen molar-refractivity contribution in [2.24, 2.45) is 11.3 Å². The van der Waals surface area contributed by atoms with E-state index in [1.165, 1.54) is 6.20 Å². The van der Waals surface area contributed by atoms with Crippen LogP contribution in [0.25, 0.3) is 33.9 Å². The summed E-state index contributed by atoms with van der Waals surface area (Å²) in [6.07, 6.45) is 5.58. The van der Waals surface area contributed by atoms with Gasteiger partial charge in [0.05, 0.1) is 49.5 Å². The van der Waals surface area contributed by atoms with Crippen molar-refractivity contribution in [3.63, 3.8) is 0 Å². The van der Waals surface area contributed by atoms with Crippen LogP contribution in [0, 0.1) is 11.3 Å². The highest BCUT2D eigenvalue weighted by molar-refractivity contribution is 5.91. The van der Waals surface area contributed by atoms with Crippen LogP contribution in [0.15, 0.2) is 30.7 Å². The minimum absolute atomic E-state index is 0.0473. The van der Waals surface area contributed by atoms with E-state index in [0.29, 0.717) is 79.9 Å². The second kappa shape index (κ2) is 14.8. The highest BCUT2D eigenvalue weighted by Crippen LogP contribution is 2.42. The average Bonchev–Trinajstić information content (AvgIpc) is 3.75. The van der Waals surface area contributed by atoms with Gasteiger partial charge in [-0.1, -0.05) is 12.8 Å². The predicted octanol–water partition coefficient (Wildman–Crippen LogP) is 6.32. The first-order valence-corrected chi connectivity index (χ1v) is 17.1. The minimum atomic E-state index is -4.67. The number of hydrogen-bond donors (Lipinski definition) is 1. The van der Waals surface area contributed by atoms with Crippen LogP contribution in [0.1, 0.15) is 57.9 Å². The Morgan fingerprint density at radius 3 is 2.42 bits per heavy atom. The van der Waals surface area contributed by atoms with Gasteiger partial charge in [0, 0.05) is 51.0 Å². The number of hydrogen-bond acceptors (Lipinski definition) is 11. The van der Waals surface area contributed by atoms with Gasteiger partial charge in [-0.2, -0.15) is 13.2 Å². The number of esters is 1. The standard InChI is InChI=1S/C35H43F3N8O4/c1-5-49-32-24(35(36,37)38)15-23(17-41-32)25-16-27(45(3)20-34(21-48-4)11-7-8-12-34)29-31(42-25)44-30(43-29)26-18-40-28(19-39-26)46-13-9-22(10-14-46)33(47)50-6-2/h15-19,22H,5-14,20-21H2,1-4H3,(H,42,43,44). The first-order chi connectivity index (χ1) is 24.0. The van der Waals surface area contributed by atoms with Crippen LogP contribution in [-0.4, -0.2) is 89.5 Å². The Balaban J connectivity index is 1.34. The molecule has 2 fully saturated rings. The number of ether oxygens (including phenoxy) is 3. The van der Waals surface area contributed by atoms with Crippen LogP contribution in [0.3, 0.4) is 0 Å². The van der Waals surface area contributed by atoms with Gasteiger partial charge in [-0.3, -0.25) is 4.79 Å². The maximum absolute atomic E-state index is 14.1. The van der Waals surface area contributed by atoms with Gasteiger partial charge in [-0.25, -0.2) is 24.9 Å². The van der Waals surface area contributed by atoms with Gasteiger partial charge in [-0.15, -0.1) is 0 Å². The molecule has 268 valence electrons. The topological polar surface area (TPSA) is 131 Å². The number of H-pyrrole nitrogens is 1. The van der Waals surface area contributed by atoms with Crippen LogP contribution in [0.5, 0.6) is 5.88 Å². The summed E-state index contributed by atoms with van der Waals surface area (Å²) in [6.45, 7) is 6.42. The molecule has 0 radical (unpaired) electrons. The number of fused-ring (bicyclic) bond motifs is 1. The zero-order valence-corrected chi connectivity index (χ0v) is 28.8. The Morgan fingerprint density at radius 1 is 1.02 bits per heavy atom. The Labute approximate surface area is 288 Å². The molecule has 5 heterocycles. The number of imidazole rings is 1. The molecule has 6 rings (SSSR count). The molecule has 0 amide bonds. The number of halogens is 3. The lowest BCUT2D eigenvalue weighted by Crippen LogP contribution is -2.37. The van der Waals surface area contributed by atoms with E-state index in [2.05, 4.69) is 29.7 Å². The molecule has 4 aromatic rings. The number of nitrogens with one attached hydrogen (secondary N) is 1. The second-order valence-corrected chi connectivity index (χ2v) is 13.1. The van der Waals surface area contributed by atoms with Crippen molar-refractivity contribution in [2.45, 2.75) is 58.5 Å². The summed E-state index contributed by atoms with van der Waals surface area (Å²) < 4.78 is 58.2. The summed E-state index contributed by atoms with van der Waals surface area (Å²) in [5.74, 6) is 0.369. The van der Waals surface area contributed by atoms with E-state index in [1.807, 2.05) is 7.05 Å². The van der Waals surface area contributed by atoms with Crippen LogP contribution in [-0.2, 0) is 20.4 Å². The Hall–Kier alpha value is -4.53. The molecule has 0 aromatic carbocycles. The molecule has 12 nitrogen and oxygen atoms in total. The molecule has 15 heteroatoms. The molecule has 4 aromatic heterocycles. The van der Waals surface area contributed by atoms with Crippen molar-refractivity contribution in [1.82, 2.24) is 29.9 Å². The SMILES string of the molecule is CCOC(=O)C1CCN(c2cnc(-c3nc4nc(-c5cnc(OCC)c(C(F)(F)F)c5)cc(N(C)CC5(COC)CCCC5)c4[nH]3)cn2)CC1. The number of aromatic nitrogens is 6. The largest absolute Gasteiger partial charge is 0.478 e. The normalized spacial score (nSPS) is 16.6.